The van der Waals surface area contributed by atoms with E-state index in [1.807, 2.05) is 37.4 Å². The zero-order chi connectivity index (χ0) is 23.7. The number of carbonyl (C=O) groups is 1. The normalized spacial score (nSPS) is 20.6. The molecule has 2 aromatic carbocycles. The van der Waals surface area contributed by atoms with Crippen molar-refractivity contribution in [3.8, 4) is 5.75 Å². The zero-order valence-electron chi connectivity index (χ0n) is 19.4. The highest BCUT2D eigenvalue weighted by molar-refractivity contribution is 7.98. The minimum atomic E-state index is -4.53. The molecule has 0 aliphatic carbocycles. The molecule has 1 N–H and O–H groups in total. The molecule has 1 aliphatic rings. The van der Waals surface area contributed by atoms with Crippen molar-refractivity contribution >= 4 is 30.1 Å². The largest absolute Gasteiger partial charge is 0.496 e. The molecular formula is C24H30ClF3N2O2S. The summed E-state index contributed by atoms with van der Waals surface area (Å²) >= 11 is 1.09. The van der Waals surface area contributed by atoms with Gasteiger partial charge in [-0.25, -0.2) is 0 Å². The van der Waals surface area contributed by atoms with Crippen LogP contribution in [-0.4, -0.2) is 44.3 Å². The average Bonchev–Trinajstić information content (AvgIpc) is 2.71. The fraction of sp³-hybridized carbons (Fsp3) is 0.458. The van der Waals surface area contributed by atoms with Gasteiger partial charge in [0.25, 0.3) is 5.91 Å². The number of likely N-dealkylation sites (tertiary alicyclic amines) is 1. The Bertz CT molecular complexity index is 960. The maximum absolute atomic E-state index is 13.6. The third-order valence-corrected chi connectivity index (χ3v) is 6.52. The molecule has 1 aliphatic heterocycles. The van der Waals surface area contributed by atoms with E-state index < -0.39 is 23.2 Å². The highest BCUT2D eigenvalue weighted by Gasteiger charge is 2.45. The number of nitrogens with one attached hydrogen (secondary N) is 1. The molecular weight excluding hydrogens is 473 g/mol. The Morgan fingerprint density at radius 2 is 1.79 bits per heavy atom. The lowest BCUT2D eigenvalue weighted by molar-refractivity contribution is -0.137. The summed E-state index contributed by atoms with van der Waals surface area (Å²) in [4.78, 5) is 16.0. The minimum absolute atomic E-state index is 0. The Morgan fingerprint density at radius 3 is 2.30 bits per heavy atom. The number of halogens is 4. The van der Waals surface area contributed by atoms with Gasteiger partial charge in [0.15, 0.2) is 0 Å². The van der Waals surface area contributed by atoms with Crippen LogP contribution in [0.15, 0.2) is 47.4 Å². The quantitative estimate of drug-likeness (QED) is 0.521. The number of amides is 1. The van der Waals surface area contributed by atoms with Crippen LogP contribution in [0.2, 0.25) is 0 Å². The molecule has 33 heavy (non-hydrogen) atoms. The number of rotatable bonds is 5. The van der Waals surface area contributed by atoms with Gasteiger partial charge < -0.3 is 15.0 Å². The third kappa shape index (κ3) is 5.97. The number of carbonyl (C=O) groups excluding carboxylic acids is 1. The summed E-state index contributed by atoms with van der Waals surface area (Å²) in [7, 11) is 3.29. The second kappa shape index (κ2) is 10.2. The van der Waals surface area contributed by atoms with E-state index in [9.17, 15) is 18.0 Å². The molecule has 1 atom stereocenters. The van der Waals surface area contributed by atoms with E-state index in [0.717, 1.165) is 36.0 Å². The highest BCUT2D eigenvalue weighted by atomic mass is 35.5. The number of alkyl halides is 3. The van der Waals surface area contributed by atoms with Crippen molar-refractivity contribution in [2.45, 2.75) is 36.9 Å². The van der Waals surface area contributed by atoms with Crippen molar-refractivity contribution in [3.05, 3.63) is 59.2 Å². The van der Waals surface area contributed by atoms with E-state index in [-0.39, 0.29) is 34.0 Å². The number of hydrogen-bond acceptors (Lipinski definition) is 4. The number of hydrogen-bond donors (Lipinski definition) is 1. The lowest BCUT2D eigenvalue weighted by Crippen LogP contribution is -2.60. The Balaban J connectivity index is 0.00000385. The summed E-state index contributed by atoms with van der Waals surface area (Å²) in [6.07, 6.45) is -2.19. The van der Waals surface area contributed by atoms with E-state index in [4.69, 9.17) is 4.74 Å². The first-order valence-electron chi connectivity index (χ1n) is 10.3. The minimum Gasteiger partial charge on any atom is -0.496 e. The van der Waals surface area contributed by atoms with Crippen molar-refractivity contribution in [3.63, 3.8) is 0 Å². The molecule has 1 heterocycles. The molecule has 1 saturated heterocycles. The Hall–Kier alpha value is -1.90. The van der Waals surface area contributed by atoms with Gasteiger partial charge in [0, 0.05) is 18.0 Å². The predicted molar refractivity (Wildman–Crippen MR) is 129 cm³/mol. The number of benzene rings is 2. The summed E-state index contributed by atoms with van der Waals surface area (Å²) in [5, 5.41) is 3.20. The number of likely N-dealkylation sites (N-methyl/N-ethyl adjacent to an activating group) is 1. The van der Waals surface area contributed by atoms with Crippen LogP contribution in [0.25, 0.3) is 0 Å². The number of methoxy groups -OCH3 is 1. The number of nitrogens with zero attached hydrogens (tertiary/aromatic N) is 1. The average molecular weight is 503 g/mol. The molecule has 4 nitrogen and oxygen atoms in total. The molecule has 1 unspecified atom stereocenters. The van der Waals surface area contributed by atoms with Crippen molar-refractivity contribution in [2.24, 2.45) is 5.41 Å². The molecule has 0 radical (unpaired) electrons. The second-order valence-electron chi connectivity index (χ2n) is 9.17. The van der Waals surface area contributed by atoms with E-state index in [1.54, 1.807) is 6.26 Å². The van der Waals surface area contributed by atoms with Gasteiger partial charge in [-0.1, -0.05) is 44.2 Å². The first-order valence-corrected chi connectivity index (χ1v) is 11.5. The molecule has 0 saturated carbocycles. The topological polar surface area (TPSA) is 41.6 Å². The molecule has 3 rings (SSSR count). The summed E-state index contributed by atoms with van der Waals surface area (Å²) < 4.78 is 45.3. The van der Waals surface area contributed by atoms with E-state index in [0.29, 0.717) is 13.0 Å². The fourth-order valence-electron chi connectivity index (χ4n) is 4.86. The second-order valence-corrected chi connectivity index (χ2v) is 10.0. The smallest absolute Gasteiger partial charge is 0.416 e. The fourth-order valence-corrected chi connectivity index (χ4v) is 5.50. The van der Waals surface area contributed by atoms with Crippen LogP contribution in [0.3, 0.4) is 0 Å². The maximum atomic E-state index is 13.6. The van der Waals surface area contributed by atoms with Crippen molar-refractivity contribution in [2.75, 3.05) is 33.5 Å². The lowest BCUT2D eigenvalue weighted by atomic mass is 9.71. The Morgan fingerprint density at radius 1 is 1.15 bits per heavy atom. The molecule has 0 aromatic heterocycles. The lowest BCUT2D eigenvalue weighted by Gasteiger charge is -2.49. The van der Waals surface area contributed by atoms with E-state index in [1.165, 1.54) is 7.11 Å². The van der Waals surface area contributed by atoms with Crippen molar-refractivity contribution in [1.82, 2.24) is 10.2 Å². The molecule has 0 spiro atoms. The van der Waals surface area contributed by atoms with Gasteiger partial charge in [0.2, 0.25) is 0 Å². The zero-order valence-corrected chi connectivity index (χ0v) is 21.0. The SMILES string of the molecule is COc1cc(C(F)(F)F)cc(SC)c1C(=O)NC1(c2ccccc2)CN(C)CC(C)(C)C1.Cl. The van der Waals surface area contributed by atoms with Gasteiger partial charge in [-0.3, -0.25) is 4.79 Å². The van der Waals surface area contributed by atoms with Crippen LogP contribution in [0.4, 0.5) is 13.2 Å². The molecule has 0 bridgehead atoms. The Kier molecular flexibility index (Phi) is 8.41. The van der Waals surface area contributed by atoms with Gasteiger partial charge >= 0.3 is 6.18 Å². The molecule has 182 valence electrons. The molecule has 1 fully saturated rings. The van der Waals surface area contributed by atoms with Crippen LogP contribution in [0.1, 0.15) is 41.8 Å². The number of thioether (sulfide) groups is 1. The van der Waals surface area contributed by atoms with Crippen LogP contribution >= 0.6 is 24.2 Å². The predicted octanol–water partition coefficient (Wildman–Crippen LogP) is 5.84. The summed E-state index contributed by atoms with van der Waals surface area (Å²) in [5.74, 6) is -0.539. The van der Waals surface area contributed by atoms with Gasteiger partial charge in [-0.05, 0) is 42.8 Å². The van der Waals surface area contributed by atoms with Crippen molar-refractivity contribution < 1.29 is 22.7 Å². The van der Waals surface area contributed by atoms with Gasteiger partial charge in [-0.15, -0.1) is 24.2 Å². The van der Waals surface area contributed by atoms with Crippen LogP contribution in [0, 0.1) is 5.41 Å². The van der Waals surface area contributed by atoms with Crippen molar-refractivity contribution in [1.29, 1.82) is 0 Å². The van der Waals surface area contributed by atoms with E-state index in [2.05, 4.69) is 24.1 Å². The summed E-state index contributed by atoms with van der Waals surface area (Å²) in [5.41, 5.74) is -0.536. The Labute approximate surface area is 203 Å². The van der Waals surface area contributed by atoms with Crippen LogP contribution in [0.5, 0.6) is 5.75 Å². The molecule has 1 amide bonds. The highest BCUT2D eigenvalue weighted by Crippen LogP contribution is 2.42. The molecule has 9 heteroatoms. The summed E-state index contributed by atoms with van der Waals surface area (Å²) in [6, 6.07) is 11.6. The van der Waals surface area contributed by atoms with Crippen LogP contribution < -0.4 is 10.1 Å². The van der Waals surface area contributed by atoms with Gasteiger partial charge in [-0.2, -0.15) is 13.2 Å². The van der Waals surface area contributed by atoms with Gasteiger partial charge in [0.05, 0.1) is 23.8 Å². The number of piperidine rings is 1. The van der Waals surface area contributed by atoms with E-state index >= 15 is 0 Å². The number of ether oxygens (including phenoxy) is 1. The first-order chi connectivity index (χ1) is 14.9. The molecule has 2 aromatic rings. The summed E-state index contributed by atoms with van der Waals surface area (Å²) in [6.45, 7) is 5.76. The van der Waals surface area contributed by atoms with Crippen LogP contribution in [-0.2, 0) is 11.7 Å². The standard InChI is InChI=1S/C24H29F3N2O2S.ClH/c1-22(2)13-23(15-29(3)14-22,16-9-7-6-8-10-16)28-21(30)20-18(31-4)11-17(24(25,26)27)12-19(20)32-5;/h6-12H,13-15H2,1-5H3,(H,28,30);1H. The third-order valence-electron chi connectivity index (χ3n) is 5.76. The maximum Gasteiger partial charge on any atom is 0.416 e. The van der Waals surface area contributed by atoms with Gasteiger partial charge in [0.1, 0.15) is 5.75 Å². The monoisotopic (exact) mass is 502 g/mol. The first kappa shape index (κ1) is 27.3.